The first-order valence-electron chi connectivity index (χ1n) is 9.91. The number of nitrogens with zero attached hydrogens (tertiary/aromatic N) is 1. The Morgan fingerprint density at radius 1 is 1.03 bits per heavy atom. The number of methoxy groups -OCH3 is 1. The summed E-state index contributed by atoms with van der Waals surface area (Å²) in [7, 11) is 2.89. The molecule has 1 heterocycles. The van der Waals surface area contributed by atoms with Crippen molar-refractivity contribution in [3.63, 3.8) is 0 Å². The van der Waals surface area contributed by atoms with Gasteiger partial charge in [-0.3, -0.25) is 0 Å². The molecule has 1 aliphatic rings. The third-order valence-corrected chi connectivity index (χ3v) is 5.75. The molecule has 2 aromatic carbocycles. The van der Waals surface area contributed by atoms with Crippen molar-refractivity contribution in [2.24, 2.45) is 0 Å². The Labute approximate surface area is 181 Å². The van der Waals surface area contributed by atoms with Crippen LogP contribution in [0.3, 0.4) is 0 Å². The van der Waals surface area contributed by atoms with E-state index in [0.717, 1.165) is 20.1 Å². The SMILES string of the molecule is COc1cc(C(F)(F)F)cc(C(F)(F)F)c1CNC1(c2ccc(F)cc2)CCCN(C)C1. The van der Waals surface area contributed by atoms with E-state index in [0.29, 0.717) is 24.6 Å². The van der Waals surface area contributed by atoms with Crippen LogP contribution < -0.4 is 10.1 Å². The molecule has 0 saturated carbocycles. The summed E-state index contributed by atoms with van der Waals surface area (Å²) in [5.41, 5.74) is -3.38. The molecule has 3 rings (SSSR count). The molecule has 176 valence electrons. The number of benzene rings is 2. The number of likely N-dealkylation sites (tertiary alicyclic amines) is 1. The van der Waals surface area contributed by atoms with Crippen LogP contribution in [0.4, 0.5) is 30.7 Å². The summed E-state index contributed by atoms with van der Waals surface area (Å²) in [5.74, 6) is -0.949. The first-order chi connectivity index (χ1) is 14.9. The van der Waals surface area contributed by atoms with Crippen LogP contribution in [0.15, 0.2) is 36.4 Å². The lowest BCUT2D eigenvalue weighted by Gasteiger charge is -2.43. The topological polar surface area (TPSA) is 24.5 Å². The molecule has 0 aromatic heterocycles. The minimum Gasteiger partial charge on any atom is -0.496 e. The van der Waals surface area contributed by atoms with E-state index in [1.165, 1.54) is 12.1 Å². The van der Waals surface area contributed by atoms with Crippen molar-refractivity contribution in [3.05, 3.63) is 64.5 Å². The number of ether oxygens (including phenoxy) is 1. The Morgan fingerprint density at radius 3 is 2.22 bits per heavy atom. The second-order valence-corrected chi connectivity index (χ2v) is 7.98. The Hall–Kier alpha value is -2.33. The molecule has 32 heavy (non-hydrogen) atoms. The van der Waals surface area contributed by atoms with Crippen LogP contribution in [0.2, 0.25) is 0 Å². The zero-order chi connectivity index (χ0) is 23.7. The molecule has 1 aliphatic heterocycles. The van der Waals surface area contributed by atoms with Crippen molar-refractivity contribution in [3.8, 4) is 5.75 Å². The maximum Gasteiger partial charge on any atom is 0.416 e. The number of hydrogen-bond donors (Lipinski definition) is 1. The van der Waals surface area contributed by atoms with E-state index in [9.17, 15) is 30.7 Å². The summed E-state index contributed by atoms with van der Waals surface area (Å²) >= 11 is 0. The zero-order valence-corrected chi connectivity index (χ0v) is 17.5. The van der Waals surface area contributed by atoms with Crippen LogP contribution in [0, 0.1) is 5.82 Å². The average Bonchev–Trinajstić information content (AvgIpc) is 2.70. The van der Waals surface area contributed by atoms with Crippen LogP contribution in [0.25, 0.3) is 0 Å². The summed E-state index contributed by atoms with van der Waals surface area (Å²) in [6.45, 7) is 0.826. The molecule has 1 saturated heterocycles. The monoisotopic (exact) mass is 464 g/mol. The summed E-state index contributed by atoms with van der Waals surface area (Å²) in [5, 5.41) is 3.14. The molecule has 0 amide bonds. The van der Waals surface area contributed by atoms with Crippen molar-refractivity contribution < 1.29 is 35.5 Å². The van der Waals surface area contributed by atoms with Gasteiger partial charge in [0.25, 0.3) is 0 Å². The number of halogens is 7. The van der Waals surface area contributed by atoms with E-state index < -0.39 is 46.1 Å². The van der Waals surface area contributed by atoms with Gasteiger partial charge in [0.05, 0.1) is 23.8 Å². The fraction of sp³-hybridized carbons (Fsp3) is 0.455. The number of rotatable bonds is 5. The van der Waals surface area contributed by atoms with E-state index >= 15 is 0 Å². The average molecular weight is 464 g/mol. The Kier molecular flexibility index (Phi) is 6.76. The summed E-state index contributed by atoms with van der Waals surface area (Å²) < 4.78 is 99.1. The van der Waals surface area contributed by atoms with Gasteiger partial charge in [0, 0.05) is 18.7 Å². The van der Waals surface area contributed by atoms with Crippen LogP contribution >= 0.6 is 0 Å². The molecule has 1 N–H and O–H groups in total. The van der Waals surface area contributed by atoms with Gasteiger partial charge in [0.1, 0.15) is 11.6 Å². The normalized spacial score (nSPS) is 20.4. The first-order valence-corrected chi connectivity index (χ1v) is 9.91. The van der Waals surface area contributed by atoms with Gasteiger partial charge in [0.2, 0.25) is 0 Å². The molecule has 0 aliphatic carbocycles. The molecule has 0 spiro atoms. The van der Waals surface area contributed by atoms with Gasteiger partial charge in [-0.25, -0.2) is 4.39 Å². The number of nitrogens with one attached hydrogen (secondary N) is 1. The highest BCUT2D eigenvalue weighted by Crippen LogP contribution is 2.42. The lowest BCUT2D eigenvalue weighted by Crippen LogP contribution is -2.53. The molecule has 3 nitrogen and oxygen atoms in total. The van der Waals surface area contributed by atoms with Crippen molar-refractivity contribution in [1.82, 2.24) is 10.2 Å². The number of hydrogen-bond acceptors (Lipinski definition) is 3. The van der Waals surface area contributed by atoms with Gasteiger partial charge < -0.3 is 15.0 Å². The number of piperidine rings is 1. The fourth-order valence-electron chi connectivity index (χ4n) is 4.20. The summed E-state index contributed by atoms with van der Waals surface area (Å²) in [6, 6.07) is 6.35. The fourth-order valence-corrected chi connectivity index (χ4v) is 4.20. The van der Waals surface area contributed by atoms with Gasteiger partial charge in [-0.2, -0.15) is 26.3 Å². The Balaban J connectivity index is 2.05. The highest BCUT2D eigenvalue weighted by atomic mass is 19.4. The molecule has 0 radical (unpaired) electrons. The summed E-state index contributed by atoms with van der Waals surface area (Å²) in [4.78, 5) is 1.99. The number of likely N-dealkylation sites (N-methyl/N-ethyl adjacent to an activating group) is 1. The van der Waals surface area contributed by atoms with Crippen molar-refractivity contribution in [2.75, 3.05) is 27.2 Å². The number of alkyl halides is 6. The Morgan fingerprint density at radius 2 is 1.69 bits per heavy atom. The van der Waals surface area contributed by atoms with Crippen LogP contribution in [0.1, 0.15) is 35.1 Å². The van der Waals surface area contributed by atoms with E-state index in [1.54, 1.807) is 12.1 Å². The van der Waals surface area contributed by atoms with E-state index in [-0.39, 0.29) is 12.6 Å². The standard InChI is InChI=1S/C22H23F7N2O/c1-31-9-3-8-20(13-31,14-4-6-16(23)7-5-14)30-12-17-18(22(27,28)29)10-15(21(24,25)26)11-19(17)32-2/h4-7,10-11,30H,3,8-9,12-13H2,1-2H3. The maximum absolute atomic E-state index is 13.7. The van der Waals surface area contributed by atoms with Gasteiger partial charge in [0.15, 0.2) is 0 Å². The second kappa shape index (κ2) is 8.90. The molecule has 10 heteroatoms. The zero-order valence-electron chi connectivity index (χ0n) is 17.5. The maximum atomic E-state index is 13.7. The van der Waals surface area contributed by atoms with Gasteiger partial charge in [-0.05, 0) is 56.3 Å². The molecule has 1 unspecified atom stereocenters. The third kappa shape index (κ3) is 5.17. The van der Waals surface area contributed by atoms with Crippen molar-refractivity contribution in [2.45, 2.75) is 37.3 Å². The molecule has 1 fully saturated rings. The molecular formula is C22H23F7N2O. The summed E-state index contributed by atoms with van der Waals surface area (Å²) in [6.07, 6.45) is -8.68. The lowest BCUT2D eigenvalue weighted by atomic mass is 9.82. The first kappa shape index (κ1) is 24.3. The molecular weight excluding hydrogens is 441 g/mol. The molecule has 0 bridgehead atoms. The minimum absolute atomic E-state index is 0.108. The van der Waals surface area contributed by atoms with Gasteiger partial charge >= 0.3 is 12.4 Å². The second-order valence-electron chi connectivity index (χ2n) is 7.98. The predicted molar refractivity (Wildman–Crippen MR) is 105 cm³/mol. The van der Waals surface area contributed by atoms with Crippen molar-refractivity contribution >= 4 is 0 Å². The highest BCUT2D eigenvalue weighted by Gasteiger charge is 2.41. The van der Waals surface area contributed by atoms with Gasteiger partial charge in [-0.15, -0.1) is 0 Å². The minimum atomic E-state index is -5.02. The van der Waals surface area contributed by atoms with Crippen LogP contribution in [0.5, 0.6) is 5.75 Å². The van der Waals surface area contributed by atoms with Crippen LogP contribution in [-0.2, 0) is 24.4 Å². The van der Waals surface area contributed by atoms with E-state index in [1.807, 2.05) is 11.9 Å². The lowest BCUT2D eigenvalue weighted by molar-refractivity contribution is -0.143. The largest absolute Gasteiger partial charge is 0.496 e. The van der Waals surface area contributed by atoms with E-state index in [4.69, 9.17) is 4.74 Å². The quantitative estimate of drug-likeness (QED) is 0.585. The molecule has 1 atom stereocenters. The highest BCUT2D eigenvalue weighted by molar-refractivity contribution is 5.46. The van der Waals surface area contributed by atoms with Crippen molar-refractivity contribution in [1.29, 1.82) is 0 Å². The van der Waals surface area contributed by atoms with Crippen LogP contribution in [-0.4, -0.2) is 32.1 Å². The molecule has 2 aromatic rings. The third-order valence-electron chi connectivity index (χ3n) is 5.75. The Bertz CT molecular complexity index is 941. The van der Waals surface area contributed by atoms with Gasteiger partial charge in [-0.1, -0.05) is 12.1 Å². The predicted octanol–water partition coefficient (Wildman–Crippen LogP) is 5.58. The van der Waals surface area contributed by atoms with E-state index in [2.05, 4.69) is 5.32 Å². The smallest absolute Gasteiger partial charge is 0.416 e.